The second kappa shape index (κ2) is 6.33. The summed E-state index contributed by atoms with van der Waals surface area (Å²) in [6.07, 6.45) is 2.70. The highest BCUT2D eigenvalue weighted by atomic mass is 35.5. The standard InChI is InChI=1S/C15H20Cl2N2O/c1-3-6-15(7-8-18-9-15)14(20)19-13-11(16)5-4-10(2)12(13)17/h4-5,18H,3,6-9H2,1-2H3,(H,19,20). The maximum absolute atomic E-state index is 12.7. The number of aryl methyl sites for hydroxylation is 1. The number of rotatable bonds is 4. The first kappa shape index (κ1) is 15.6. The molecule has 3 nitrogen and oxygen atoms in total. The molecule has 0 aliphatic carbocycles. The monoisotopic (exact) mass is 314 g/mol. The predicted molar refractivity (Wildman–Crippen MR) is 84.7 cm³/mol. The van der Waals surface area contributed by atoms with Gasteiger partial charge in [-0.15, -0.1) is 0 Å². The van der Waals surface area contributed by atoms with Crippen molar-refractivity contribution in [2.45, 2.75) is 33.1 Å². The second-order valence-corrected chi connectivity index (χ2v) is 6.25. The van der Waals surface area contributed by atoms with Gasteiger partial charge in [-0.1, -0.05) is 42.6 Å². The normalized spacial score (nSPS) is 22.0. The fourth-order valence-electron chi connectivity index (χ4n) is 2.76. The molecule has 20 heavy (non-hydrogen) atoms. The molecule has 1 aromatic rings. The molecule has 1 aliphatic heterocycles. The SMILES string of the molecule is CCCC1(C(=O)Nc2c(Cl)ccc(C)c2Cl)CCNC1. The lowest BCUT2D eigenvalue weighted by molar-refractivity contribution is -0.125. The van der Waals surface area contributed by atoms with E-state index in [4.69, 9.17) is 23.2 Å². The van der Waals surface area contributed by atoms with Crippen LogP contribution in [0.1, 0.15) is 31.7 Å². The molecule has 5 heteroatoms. The quantitative estimate of drug-likeness (QED) is 0.881. The van der Waals surface area contributed by atoms with Crippen LogP contribution >= 0.6 is 23.2 Å². The number of nitrogens with one attached hydrogen (secondary N) is 2. The van der Waals surface area contributed by atoms with Crippen LogP contribution in [0.3, 0.4) is 0 Å². The van der Waals surface area contributed by atoms with Crippen LogP contribution in [-0.2, 0) is 4.79 Å². The summed E-state index contributed by atoms with van der Waals surface area (Å²) in [4.78, 5) is 12.7. The topological polar surface area (TPSA) is 41.1 Å². The molecule has 0 aromatic heterocycles. The largest absolute Gasteiger partial charge is 0.323 e. The highest BCUT2D eigenvalue weighted by Crippen LogP contribution is 2.37. The summed E-state index contributed by atoms with van der Waals surface area (Å²) < 4.78 is 0. The Balaban J connectivity index is 2.25. The minimum absolute atomic E-state index is 0.0127. The molecule has 1 heterocycles. The number of hydrogen-bond donors (Lipinski definition) is 2. The fourth-order valence-corrected chi connectivity index (χ4v) is 3.23. The van der Waals surface area contributed by atoms with Gasteiger partial charge in [-0.2, -0.15) is 0 Å². The number of carbonyl (C=O) groups is 1. The number of carbonyl (C=O) groups excluding carboxylic acids is 1. The van der Waals surface area contributed by atoms with Gasteiger partial charge in [0.2, 0.25) is 5.91 Å². The fraction of sp³-hybridized carbons (Fsp3) is 0.533. The Kier molecular flexibility index (Phi) is 4.95. The maximum Gasteiger partial charge on any atom is 0.232 e. The lowest BCUT2D eigenvalue weighted by Crippen LogP contribution is -2.38. The average Bonchev–Trinajstić information content (AvgIpc) is 2.89. The Hall–Kier alpha value is -0.770. The van der Waals surface area contributed by atoms with E-state index in [2.05, 4.69) is 17.6 Å². The minimum atomic E-state index is -0.342. The van der Waals surface area contributed by atoms with Gasteiger partial charge in [0.1, 0.15) is 0 Å². The van der Waals surface area contributed by atoms with Crippen molar-refractivity contribution in [3.63, 3.8) is 0 Å². The van der Waals surface area contributed by atoms with Crippen molar-refractivity contribution < 1.29 is 4.79 Å². The Morgan fingerprint density at radius 2 is 2.20 bits per heavy atom. The van der Waals surface area contributed by atoms with E-state index in [1.54, 1.807) is 6.07 Å². The maximum atomic E-state index is 12.7. The van der Waals surface area contributed by atoms with Crippen LogP contribution in [0, 0.1) is 12.3 Å². The van der Waals surface area contributed by atoms with E-state index in [1.165, 1.54) is 0 Å². The Bertz CT molecular complexity index is 511. The number of hydrogen-bond acceptors (Lipinski definition) is 2. The van der Waals surface area contributed by atoms with Crippen LogP contribution in [0.25, 0.3) is 0 Å². The van der Waals surface area contributed by atoms with Crippen LogP contribution in [0.2, 0.25) is 10.0 Å². The van der Waals surface area contributed by atoms with Gasteiger partial charge in [0, 0.05) is 6.54 Å². The van der Waals surface area contributed by atoms with E-state index in [-0.39, 0.29) is 11.3 Å². The van der Waals surface area contributed by atoms with Crippen LogP contribution in [0.5, 0.6) is 0 Å². The van der Waals surface area contributed by atoms with E-state index in [9.17, 15) is 4.79 Å². The van der Waals surface area contributed by atoms with Crippen molar-refractivity contribution in [2.24, 2.45) is 5.41 Å². The first-order valence-corrected chi connectivity index (χ1v) is 7.72. The Morgan fingerprint density at radius 1 is 1.45 bits per heavy atom. The van der Waals surface area contributed by atoms with Gasteiger partial charge in [-0.3, -0.25) is 4.79 Å². The van der Waals surface area contributed by atoms with Gasteiger partial charge in [-0.25, -0.2) is 0 Å². The number of anilines is 1. The van der Waals surface area contributed by atoms with E-state index in [1.807, 2.05) is 13.0 Å². The zero-order valence-electron chi connectivity index (χ0n) is 11.9. The van der Waals surface area contributed by atoms with Gasteiger partial charge < -0.3 is 10.6 Å². The van der Waals surface area contributed by atoms with E-state index >= 15 is 0 Å². The van der Waals surface area contributed by atoms with Crippen molar-refractivity contribution in [1.29, 1.82) is 0 Å². The van der Waals surface area contributed by atoms with Crippen molar-refractivity contribution in [2.75, 3.05) is 18.4 Å². The lowest BCUT2D eigenvalue weighted by Gasteiger charge is -2.27. The molecule has 1 atom stereocenters. The van der Waals surface area contributed by atoms with Gasteiger partial charge in [0.15, 0.2) is 0 Å². The smallest absolute Gasteiger partial charge is 0.232 e. The molecule has 0 radical (unpaired) electrons. The third-order valence-corrected chi connectivity index (χ3v) is 4.78. The van der Waals surface area contributed by atoms with E-state index < -0.39 is 0 Å². The zero-order chi connectivity index (χ0) is 14.8. The lowest BCUT2D eigenvalue weighted by atomic mass is 9.81. The molecule has 1 aliphatic rings. The van der Waals surface area contributed by atoms with E-state index in [0.717, 1.165) is 31.4 Å². The molecule has 110 valence electrons. The average molecular weight is 315 g/mol. The Labute approximate surface area is 130 Å². The predicted octanol–water partition coefficient (Wildman–Crippen LogP) is 4.02. The summed E-state index contributed by atoms with van der Waals surface area (Å²) in [5.74, 6) is 0.0127. The van der Waals surface area contributed by atoms with Crippen LogP contribution < -0.4 is 10.6 Å². The molecular weight excluding hydrogens is 295 g/mol. The van der Waals surface area contributed by atoms with Crippen molar-refractivity contribution in [1.82, 2.24) is 5.32 Å². The number of benzene rings is 1. The van der Waals surface area contributed by atoms with Gasteiger partial charge in [0.25, 0.3) is 0 Å². The molecule has 0 saturated carbocycles. The first-order chi connectivity index (χ1) is 9.50. The van der Waals surface area contributed by atoms with Gasteiger partial charge in [0.05, 0.1) is 21.1 Å². The van der Waals surface area contributed by atoms with Crippen molar-refractivity contribution >= 4 is 34.8 Å². The summed E-state index contributed by atoms with van der Waals surface area (Å²) in [5, 5.41) is 7.22. The van der Waals surface area contributed by atoms with Gasteiger partial charge >= 0.3 is 0 Å². The molecule has 2 N–H and O–H groups in total. The number of amides is 1. The zero-order valence-corrected chi connectivity index (χ0v) is 13.4. The summed E-state index contributed by atoms with van der Waals surface area (Å²) in [6, 6.07) is 3.61. The van der Waals surface area contributed by atoms with Crippen LogP contribution in [0.15, 0.2) is 12.1 Å². The second-order valence-electron chi connectivity index (χ2n) is 5.46. The molecule has 0 bridgehead atoms. The summed E-state index contributed by atoms with van der Waals surface area (Å²) in [5.41, 5.74) is 1.09. The van der Waals surface area contributed by atoms with Gasteiger partial charge in [-0.05, 0) is 37.9 Å². The van der Waals surface area contributed by atoms with Crippen molar-refractivity contribution in [3.8, 4) is 0 Å². The van der Waals surface area contributed by atoms with Crippen LogP contribution in [-0.4, -0.2) is 19.0 Å². The third kappa shape index (κ3) is 2.95. The highest BCUT2D eigenvalue weighted by molar-refractivity contribution is 6.40. The highest BCUT2D eigenvalue weighted by Gasteiger charge is 2.40. The molecule has 1 aromatic carbocycles. The van der Waals surface area contributed by atoms with Crippen molar-refractivity contribution in [3.05, 3.63) is 27.7 Å². The minimum Gasteiger partial charge on any atom is -0.323 e. The molecule has 1 unspecified atom stereocenters. The molecule has 0 spiro atoms. The summed E-state index contributed by atoms with van der Waals surface area (Å²) in [7, 11) is 0. The van der Waals surface area contributed by atoms with Crippen LogP contribution in [0.4, 0.5) is 5.69 Å². The molecule has 1 amide bonds. The molecule has 2 rings (SSSR count). The number of halogens is 2. The summed E-state index contributed by atoms with van der Waals surface area (Å²) >= 11 is 12.4. The molecule has 1 saturated heterocycles. The first-order valence-electron chi connectivity index (χ1n) is 6.97. The molecular formula is C15H20Cl2N2O. The Morgan fingerprint density at radius 3 is 2.80 bits per heavy atom. The van der Waals surface area contributed by atoms with E-state index in [0.29, 0.717) is 22.3 Å². The molecule has 1 fully saturated rings. The summed E-state index contributed by atoms with van der Waals surface area (Å²) in [6.45, 7) is 5.59. The third-order valence-electron chi connectivity index (χ3n) is 3.98.